The summed E-state index contributed by atoms with van der Waals surface area (Å²) in [6.07, 6.45) is 0. The van der Waals surface area contributed by atoms with Crippen molar-refractivity contribution in [1.82, 2.24) is 0 Å². The zero-order chi connectivity index (χ0) is 29.0. The normalized spacial score (nSPS) is 11.6. The van der Waals surface area contributed by atoms with Crippen molar-refractivity contribution in [3.63, 3.8) is 0 Å². The van der Waals surface area contributed by atoms with Gasteiger partial charge in [0, 0.05) is 27.2 Å². The molecule has 0 saturated carbocycles. The van der Waals surface area contributed by atoms with E-state index in [1.807, 2.05) is 12.1 Å². The number of anilines is 3. The highest BCUT2D eigenvalue weighted by Crippen LogP contribution is 2.44. The van der Waals surface area contributed by atoms with Crippen LogP contribution in [0.4, 0.5) is 17.1 Å². The number of benzene rings is 8. The van der Waals surface area contributed by atoms with Crippen LogP contribution in [0.25, 0.3) is 65.4 Å². The van der Waals surface area contributed by atoms with Crippen LogP contribution in [0.5, 0.6) is 0 Å². The third-order valence-electron chi connectivity index (χ3n) is 8.83. The van der Waals surface area contributed by atoms with Gasteiger partial charge in [0.05, 0.1) is 11.4 Å². The maximum absolute atomic E-state index is 6.09. The number of rotatable bonds is 4. The van der Waals surface area contributed by atoms with E-state index in [1.165, 1.54) is 43.4 Å². The zero-order valence-electron chi connectivity index (χ0n) is 23.9. The second-order valence-corrected chi connectivity index (χ2v) is 11.4. The lowest BCUT2D eigenvalue weighted by atomic mass is 9.98. The molecule has 1 heterocycles. The molecular weight excluding hydrogens is 534 g/mol. The minimum Gasteiger partial charge on any atom is -0.456 e. The standard InChI is InChI=1S/C42H27NO/c1-3-13-34-29(9-1)11-7-16-38(34)43(39-17-8-12-31-20-19-30-10-2-4-14-35(30)42(31)39)33-24-21-28(22-25-33)32-23-26-41-37(27-32)36-15-5-6-18-40(36)44-41/h1-27H. The summed E-state index contributed by atoms with van der Waals surface area (Å²) in [6, 6.07) is 58.7. The van der Waals surface area contributed by atoms with E-state index >= 15 is 0 Å². The fourth-order valence-electron chi connectivity index (χ4n) is 6.75. The molecule has 9 rings (SSSR count). The first kappa shape index (κ1) is 24.7. The van der Waals surface area contributed by atoms with Crippen LogP contribution in [0.3, 0.4) is 0 Å². The van der Waals surface area contributed by atoms with E-state index < -0.39 is 0 Å². The molecule has 0 spiro atoms. The fourth-order valence-corrected chi connectivity index (χ4v) is 6.75. The quantitative estimate of drug-likeness (QED) is 0.199. The van der Waals surface area contributed by atoms with Gasteiger partial charge in [-0.1, -0.05) is 121 Å². The second kappa shape index (κ2) is 9.86. The largest absolute Gasteiger partial charge is 0.456 e. The van der Waals surface area contributed by atoms with Crippen LogP contribution in [0, 0.1) is 0 Å². The Morgan fingerprint density at radius 1 is 0.364 bits per heavy atom. The maximum atomic E-state index is 6.09. The number of hydrogen-bond donors (Lipinski definition) is 0. The average molecular weight is 562 g/mol. The van der Waals surface area contributed by atoms with E-state index in [9.17, 15) is 0 Å². The summed E-state index contributed by atoms with van der Waals surface area (Å²) < 4.78 is 6.09. The lowest BCUT2D eigenvalue weighted by molar-refractivity contribution is 0.669. The van der Waals surface area contributed by atoms with Crippen LogP contribution in [-0.2, 0) is 0 Å². The van der Waals surface area contributed by atoms with E-state index in [2.05, 4.69) is 157 Å². The molecule has 0 aliphatic heterocycles. The summed E-state index contributed by atoms with van der Waals surface area (Å²) in [5, 5.41) is 9.69. The molecule has 0 saturated heterocycles. The highest BCUT2D eigenvalue weighted by molar-refractivity contribution is 6.16. The highest BCUT2D eigenvalue weighted by atomic mass is 16.3. The molecule has 2 heteroatoms. The number of nitrogens with zero attached hydrogens (tertiary/aromatic N) is 1. The Bertz CT molecular complexity index is 2500. The van der Waals surface area contributed by atoms with Gasteiger partial charge in [-0.3, -0.25) is 0 Å². The monoisotopic (exact) mass is 561 g/mol. The van der Waals surface area contributed by atoms with E-state index in [0.29, 0.717) is 0 Å². The Labute approximate surface area is 255 Å². The Morgan fingerprint density at radius 2 is 0.955 bits per heavy atom. The van der Waals surface area contributed by atoms with Crippen molar-refractivity contribution < 1.29 is 4.42 Å². The molecule has 0 aliphatic carbocycles. The van der Waals surface area contributed by atoms with Crippen molar-refractivity contribution in [3.05, 3.63) is 164 Å². The topological polar surface area (TPSA) is 16.4 Å². The summed E-state index contributed by atoms with van der Waals surface area (Å²) in [5.74, 6) is 0. The smallest absolute Gasteiger partial charge is 0.135 e. The second-order valence-electron chi connectivity index (χ2n) is 11.4. The molecule has 0 unspecified atom stereocenters. The van der Waals surface area contributed by atoms with Crippen molar-refractivity contribution in [2.45, 2.75) is 0 Å². The molecule has 9 aromatic rings. The predicted molar refractivity (Wildman–Crippen MR) is 186 cm³/mol. The Kier molecular flexibility index (Phi) is 5.54. The minimum atomic E-state index is 0.914. The van der Waals surface area contributed by atoms with Crippen LogP contribution in [0.15, 0.2) is 168 Å². The van der Waals surface area contributed by atoms with Crippen LogP contribution in [0.2, 0.25) is 0 Å². The van der Waals surface area contributed by atoms with E-state index in [4.69, 9.17) is 4.42 Å². The molecule has 0 radical (unpaired) electrons. The van der Waals surface area contributed by atoms with Gasteiger partial charge in [0.25, 0.3) is 0 Å². The van der Waals surface area contributed by atoms with Crippen molar-refractivity contribution in [1.29, 1.82) is 0 Å². The third-order valence-corrected chi connectivity index (χ3v) is 8.83. The Morgan fingerprint density at radius 3 is 1.80 bits per heavy atom. The Balaban J connectivity index is 1.25. The van der Waals surface area contributed by atoms with Gasteiger partial charge in [0.1, 0.15) is 11.2 Å². The van der Waals surface area contributed by atoms with Crippen molar-refractivity contribution in [2.24, 2.45) is 0 Å². The van der Waals surface area contributed by atoms with Crippen LogP contribution in [-0.4, -0.2) is 0 Å². The SMILES string of the molecule is c1ccc2c(N(c3ccc(-c4ccc5oc6ccccc6c5c4)cc3)c3cccc4ccc5ccccc5c34)cccc2c1. The van der Waals surface area contributed by atoms with Gasteiger partial charge in [-0.15, -0.1) is 0 Å². The highest BCUT2D eigenvalue weighted by Gasteiger charge is 2.19. The molecule has 0 atom stereocenters. The first-order valence-corrected chi connectivity index (χ1v) is 15.0. The van der Waals surface area contributed by atoms with E-state index in [0.717, 1.165) is 39.0 Å². The van der Waals surface area contributed by atoms with Gasteiger partial charge in [-0.25, -0.2) is 0 Å². The van der Waals surface area contributed by atoms with Crippen molar-refractivity contribution in [2.75, 3.05) is 4.90 Å². The molecule has 0 amide bonds. The minimum absolute atomic E-state index is 0.914. The van der Waals surface area contributed by atoms with Crippen LogP contribution in [0.1, 0.15) is 0 Å². The van der Waals surface area contributed by atoms with Gasteiger partial charge in [0.2, 0.25) is 0 Å². The first-order valence-electron chi connectivity index (χ1n) is 15.0. The Hall–Kier alpha value is -5.86. The number of furan rings is 1. The summed E-state index contributed by atoms with van der Waals surface area (Å²) in [7, 11) is 0. The van der Waals surface area contributed by atoms with Gasteiger partial charge in [-0.2, -0.15) is 0 Å². The predicted octanol–water partition coefficient (Wildman–Crippen LogP) is 12.2. The van der Waals surface area contributed by atoms with Gasteiger partial charge in [0.15, 0.2) is 0 Å². The van der Waals surface area contributed by atoms with Crippen LogP contribution >= 0.6 is 0 Å². The molecule has 0 aliphatic rings. The van der Waals surface area contributed by atoms with Gasteiger partial charge < -0.3 is 9.32 Å². The first-order chi connectivity index (χ1) is 21.8. The van der Waals surface area contributed by atoms with Gasteiger partial charge in [-0.05, 0) is 75.1 Å². The maximum Gasteiger partial charge on any atom is 0.135 e. The van der Waals surface area contributed by atoms with E-state index in [1.54, 1.807) is 0 Å². The van der Waals surface area contributed by atoms with E-state index in [-0.39, 0.29) is 0 Å². The third kappa shape index (κ3) is 3.89. The lowest BCUT2D eigenvalue weighted by Crippen LogP contribution is -2.11. The van der Waals surface area contributed by atoms with Crippen LogP contribution < -0.4 is 4.90 Å². The molecule has 2 nitrogen and oxygen atoms in total. The molecule has 1 aromatic heterocycles. The lowest BCUT2D eigenvalue weighted by Gasteiger charge is -2.28. The summed E-state index contributed by atoms with van der Waals surface area (Å²) in [5.41, 5.74) is 7.60. The molecule has 0 fully saturated rings. The molecule has 8 aromatic carbocycles. The molecule has 206 valence electrons. The van der Waals surface area contributed by atoms with Gasteiger partial charge >= 0.3 is 0 Å². The molecule has 0 N–H and O–H groups in total. The molecule has 0 bridgehead atoms. The summed E-state index contributed by atoms with van der Waals surface area (Å²) >= 11 is 0. The zero-order valence-corrected chi connectivity index (χ0v) is 23.9. The average Bonchev–Trinajstić information content (AvgIpc) is 3.47. The summed E-state index contributed by atoms with van der Waals surface area (Å²) in [6.45, 7) is 0. The molecule has 44 heavy (non-hydrogen) atoms. The molecular formula is C42H27NO. The van der Waals surface area contributed by atoms with Crippen molar-refractivity contribution in [3.8, 4) is 11.1 Å². The fraction of sp³-hybridized carbons (Fsp3) is 0. The number of para-hydroxylation sites is 1. The number of hydrogen-bond acceptors (Lipinski definition) is 2. The number of fused-ring (bicyclic) bond motifs is 7. The van der Waals surface area contributed by atoms with Crippen molar-refractivity contribution >= 4 is 71.3 Å². The summed E-state index contributed by atoms with van der Waals surface area (Å²) in [4.78, 5) is 2.42.